The molecule has 4 nitrogen and oxygen atoms in total. The van der Waals surface area contributed by atoms with Gasteiger partial charge in [0.25, 0.3) is 0 Å². The average Bonchev–Trinajstić information content (AvgIpc) is 2.16. The second kappa shape index (κ2) is 3.41. The van der Waals surface area contributed by atoms with Crippen LogP contribution in [0, 0.1) is 0 Å². The van der Waals surface area contributed by atoms with Crippen molar-refractivity contribution in [3.8, 4) is 5.75 Å². The number of nitrogens with zero attached hydrogens (tertiary/aromatic N) is 1. The van der Waals surface area contributed by atoms with Crippen LogP contribution in [0.2, 0.25) is 0 Å². The van der Waals surface area contributed by atoms with E-state index < -0.39 is 5.54 Å². The van der Waals surface area contributed by atoms with Crippen LogP contribution in [0.5, 0.6) is 5.75 Å². The lowest BCUT2D eigenvalue weighted by molar-refractivity contribution is 0.256. The van der Waals surface area contributed by atoms with E-state index in [0.717, 1.165) is 24.8 Å². The SMILES string of the molecule is Nc1cc(C2(N=C=O)CCC2)ccc1O. The van der Waals surface area contributed by atoms with Crippen molar-refractivity contribution < 1.29 is 9.90 Å². The monoisotopic (exact) mass is 204 g/mol. The molecule has 1 fully saturated rings. The van der Waals surface area contributed by atoms with Crippen LogP contribution in [0.3, 0.4) is 0 Å². The number of anilines is 1. The lowest BCUT2D eigenvalue weighted by Crippen LogP contribution is -2.31. The number of aliphatic imine (C=N–C) groups is 1. The van der Waals surface area contributed by atoms with Crippen molar-refractivity contribution in [2.24, 2.45) is 4.99 Å². The highest BCUT2D eigenvalue weighted by Crippen LogP contribution is 2.45. The van der Waals surface area contributed by atoms with Crippen molar-refractivity contribution in [1.82, 2.24) is 0 Å². The summed E-state index contributed by atoms with van der Waals surface area (Å²) in [5.74, 6) is 0.0586. The summed E-state index contributed by atoms with van der Waals surface area (Å²) >= 11 is 0. The number of aromatic hydroxyl groups is 1. The molecule has 1 aromatic carbocycles. The number of phenols is 1. The van der Waals surface area contributed by atoms with E-state index in [4.69, 9.17) is 5.73 Å². The third-order valence-electron chi connectivity index (χ3n) is 3.01. The Labute approximate surface area is 87.4 Å². The molecule has 0 amide bonds. The molecule has 0 saturated heterocycles. The highest BCUT2D eigenvalue weighted by Gasteiger charge is 2.39. The van der Waals surface area contributed by atoms with Gasteiger partial charge in [0.15, 0.2) is 0 Å². The van der Waals surface area contributed by atoms with Gasteiger partial charge in [-0.05, 0) is 37.0 Å². The normalized spacial score (nSPS) is 17.6. The summed E-state index contributed by atoms with van der Waals surface area (Å²) in [5.41, 5.74) is 6.36. The molecule has 0 radical (unpaired) electrons. The number of nitrogen functional groups attached to an aromatic ring is 1. The van der Waals surface area contributed by atoms with Crippen LogP contribution < -0.4 is 5.73 Å². The van der Waals surface area contributed by atoms with Crippen LogP contribution in [-0.2, 0) is 10.3 Å². The molecular formula is C11H12N2O2. The Hall–Kier alpha value is -1.80. The van der Waals surface area contributed by atoms with Gasteiger partial charge in [0.2, 0.25) is 6.08 Å². The fourth-order valence-corrected chi connectivity index (χ4v) is 1.91. The van der Waals surface area contributed by atoms with Gasteiger partial charge >= 0.3 is 0 Å². The molecule has 1 aliphatic rings. The molecule has 0 bridgehead atoms. The smallest absolute Gasteiger partial charge is 0.235 e. The van der Waals surface area contributed by atoms with Gasteiger partial charge in [-0.2, -0.15) is 4.99 Å². The zero-order valence-electron chi connectivity index (χ0n) is 8.23. The Morgan fingerprint density at radius 1 is 1.47 bits per heavy atom. The molecule has 0 atom stereocenters. The highest BCUT2D eigenvalue weighted by atomic mass is 16.3. The molecule has 3 N–H and O–H groups in total. The quantitative estimate of drug-likeness (QED) is 0.333. The summed E-state index contributed by atoms with van der Waals surface area (Å²) in [6.07, 6.45) is 4.34. The van der Waals surface area contributed by atoms with Gasteiger partial charge in [0.1, 0.15) is 5.75 Å². The molecule has 4 heteroatoms. The average molecular weight is 204 g/mol. The van der Waals surface area contributed by atoms with Gasteiger partial charge in [0.05, 0.1) is 11.2 Å². The minimum Gasteiger partial charge on any atom is -0.506 e. The Bertz CT molecular complexity index is 432. The molecule has 0 spiro atoms. The summed E-state index contributed by atoms with van der Waals surface area (Å²) in [5, 5.41) is 9.30. The van der Waals surface area contributed by atoms with Gasteiger partial charge < -0.3 is 10.8 Å². The molecule has 0 aromatic heterocycles. The van der Waals surface area contributed by atoms with Gasteiger partial charge in [-0.3, -0.25) is 0 Å². The van der Waals surface area contributed by atoms with Gasteiger partial charge in [-0.1, -0.05) is 6.07 Å². The molecule has 0 aliphatic heterocycles. The minimum atomic E-state index is -0.441. The van der Waals surface area contributed by atoms with Crippen molar-refractivity contribution in [3.63, 3.8) is 0 Å². The van der Waals surface area contributed by atoms with Crippen molar-refractivity contribution in [2.45, 2.75) is 24.8 Å². The molecule has 1 aromatic rings. The third-order valence-corrected chi connectivity index (χ3v) is 3.01. The minimum absolute atomic E-state index is 0.0586. The summed E-state index contributed by atoms with van der Waals surface area (Å²) in [6, 6.07) is 4.96. The van der Waals surface area contributed by atoms with Crippen molar-refractivity contribution in [1.29, 1.82) is 0 Å². The van der Waals surface area contributed by atoms with Crippen LogP contribution in [0.4, 0.5) is 5.69 Å². The maximum atomic E-state index is 10.4. The van der Waals surface area contributed by atoms with Crippen molar-refractivity contribution >= 4 is 11.8 Å². The van der Waals surface area contributed by atoms with E-state index in [-0.39, 0.29) is 5.75 Å². The summed E-state index contributed by atoms with van der Waals surface area (Å²) in [6.45, 7) is 0. The first kappa shape index (κ1) is 9.74. The molecule has 0 unspecified atom stereocenters. The Morgan fingerprint density at radius 2 is 2.20 bits per heavy atom. The Kier molecular flexibility index (Phi) is 2.21. The fourth-order valence-electron chi connectivity index (χ4n) is 1.91. The third kappa shape index (κ3) is 1.49. The predicted octanol–water partition coefficient (Wildman–Crippen LogP) is 1.69. The van der Waals surface area contributed by atoms with Crippen molar-refractivity contribution in [2.75, 3.05) is 5.73 Å². The van der Waals surface area contributed by atoms with E-state index in [2.05, 4.69) is 4.99 Å². The fraction of sp³-hybridized carbons (Fsp3) is 0.364. The lowest BCUT2D eigenvalue weighted by atomic mass is 9.72. The van der Waals surface area contributed by atoms with Crippen LogP contribution in [0.25, 0.3) is 0 Å². The molecule has 2 rings (SSSR count). The maximum Gasteiger partial charge on any atom is 0.235 e. The molecule has 0 heterocycles. The van der Waals surface area contributed by atoms with E-state index in [9.17, 15) is 9.90 Å². The first-order valence-electron chi connectivity index (χ1n) is 4.86. The Balaban J connectivity index is 2.43. The van der Waals surface area contributed by atoms with E-state index in [0.29, 0.717) is 5.69 Å². The van der Waals surface area contributed by atoms with E-state index in [1.807, 2.05) is 0 Å². The van der Waals surface area contributed by atoms with E-state index in [1.54, 1.807) is 18.2 Å². The van der Waals surface area contributed by atoms with E-state index in [1.165, 1.54) is 6.07 Å². The summed E-state index contributed by atoms with van der Waals surface area (Å²) < 4.78 is 0. The number of hydrogen-bond acceptors (Lipinski definition) is 4. The summed E-state index contributed by atoms with van der Waals surface area (Å²) in [7, 11) is 0. The lowest BCUT2D eigenvalue weighted by Gasteiger charge is -2.37. The van der Waals surface area contributed by atoms with Crippen LogP contribution in [0.15, 0.2) is 23.2 Å². The zero-order valence-corrected chi connectivity index (χ0v) is 8.23. The largest absolute Gasteiger partial charge is 0.506 e. The molecule has 78 valence electrons. The maximum absolute atomic E-state index is 10.4. The number of rotatable bonds is 2. The van der Waals surface area contributed by atoms with Crippen LogP contribution >= 0.6 is 0 Å². The molecule has 1 saturated carbocycles. The van der Waals surface area contributed by atoms with Crippen molar-refractivity contribution in [3.05, 3.63) is 23.8 Å². The van der Waals surface area contributed by atoms with Gasteiger partial charge in [0, 0.05) is 0 Å². The topological polar surface area (TPSA) is 75.7 Å². The zero-order chi connectivity index (χ0) is 10.9. The number of hydrogen-bond donors (Lipinski definition) is 2. The molecule has 15 heavy (non-hydrogen) atoms. The number of nitrogens with two attached hydrogens (primary N) is 1. The second-order valence-corrected chi connectivity index (χ2v) is 3.86. The number of phenolic OH excluding ortho intramolecular Hbond substituents is 1. The van der Waals surface area contributed by atoms with Gasteiger partial charge in [-0.15, -0.1) is 0 Å². The first-order valence-corrected chi connectivity index (χ1v) is 4.86. The predicted molar refractivity (Wildman–Crippen MR) is 56.2 cm³/mol. The molecule has 1 aliphatic carbocycles. The van der Waals surface area contributed by atoms with Crippen LogP contribution in [0.1, 0.15) is 24.8 Å². The molecular weight excluding hydrogens is 192 g/mol. The summed E-state index contributed by atoms with van der Waals surface area (Å²) in [4.78, 5) is 14.2. The van der Waals surface area contributed by atoms with Gasteiger partial charge in [-0.25, -0.2) is 4.79 Å². The number of carbonyl (C=O) groups excluding carboxylic acids is 1. The van der Waals surface area contributed by atoms with E-state index >= 15 is 0 Å². The number of benzene rings is 1. The first-order chi connectivity index (χ1) is 7.18. The number of isocyanates is 1. The standard InChI is InChI=1S/C11H12N2O2/c12-9-6-8(2-3-10(9)15)11(13-7-14)4-1-5-11/h2-3,6,15H,1,4-5,12H2. The highest BCUT2D eigenvalue weighted by molar-refractivity contribution is 5.55. The second-order valence-electron chi connectivity index (χ2n) is 3.86. The van der Waals surface area contributed by atoms with Crippen LogP contribution in [-0.4, -0.2) is 11.2 Å². The Morgan fingerprint density at radius 3 is 2.67 bits per heavy atom.